The van der Waals surface area contributed by atoms with Crippen molar-refractivity contribution in [2.45, 2.75) is 19.4 Å². The highest BCUT2D eigenvalue weighted by Crippen LogP contribution is 2.36. The second-order valence-corrected chi connectivity index (χ2v) is 7.00. The van der Waals surface area contributed by atoms with Crippen molar-refractivity contribution >= 4 is 17.7 Å². The van der Waals surface area contributed by atoms with Crippen LogP contribution in [0.3, 0.4) is 0 Å². The molecule has 0 saturated heterocycles. The number of carbonyl (C=O) groups excluding carboxylic acids is 3. The van der Waals surface area contributed by atoms with E-state index in [4.69, 9.17) is 33.7 Å². The molecule has 0 radical (unpaired) electrons. The van der Waals surface area contributed by atoms with Gasteiger partial charge in [-0.15, -0.1) is 0 Å². The van der Waals surface area contributed by atoms with Gasteiger partial charge < -0.3 is 28.4 Å². The van der Waals surface area contributed by atoms with Crippen LogP contribution in [0.15, 0.2) is 30.3 Å². The van der Waals surface area contributed by atoms with Crippen LogP contribution in [0.25, 0.3) is 0 Å². The Kier molecular flexibility index (Phi) is 7.86. The third kappa shape index (κ3) is 5.71. The SMILES string of the molecule is COc1cc(OC)c(C(=O)C(=O)OC(C)(C)C#N)c(OC(=O)c2ccc(OC)c(OC)c2)c1. The van der Waals surface area contributed by atoms with Crippen molar-refractivity contribution in [3.05, 3.63) is 41.5 Å². The Morgan fingerprint density at radius 1 is 0.818 bits per heavy atom. The number of hydrogen-bond donors (Lipinski definition) is 0. The summed E-state index contributed by atoms with van der Waals surface area (Å²) < 4.78 is 31.1. The van der Waals surface area contributed by atoms with Gasteiger partial charge in [0, 0.05) is 12.1 Å². The quantitative estimate of drug-likeness (QED) is 0.240. The van der Waals surface area contributed by atoms with E-state index in [1.807, 2.05) is 0 Å². The number of hydrogen-bond acceptors (Lipinski definition) is 10. The molecular formula is C23H23NO9. The zero-order valence-corrected chi connectivity index (χ0v) is 19.0. The number of esters is 2. The molecule has 33 heavy (non-hydrogen) atoms. The molecule has 2 aromatic carbocycles. The molecule has 0 unspecified atom stereocenters. The van der Waals surface area contributed by atoms with Crippen LogP contribution in [-0.4, -0.2) is 51.8 Å². The summed E-state index contributed by atoms with van der Waals surface area (Å²) >= 11 is 0. The van der Waals surface area contributed by atoms with Crippen molar-refractivity contribution in [2.24, 2.45) is 0 Å². The summed E-state index contributed by atoms with van der Waals surface area (Å²) in [6, 6.07) is 8.68. The zero-order chi connectivity index (χ0) is 24.8. The van der Waals surface area contributed by atoms with E-state index in [1.54, 1.807) is 6.07 Å². The number of Topliss-reactive ketones (excluding diaryl/α,β-unsaturated/α-hetero) is 1. The average Bonchev–Trinajstić information content (AvgIpc) is 2.81. The Labute approximate surface area is 190 Å². The van der Waals surface area contributed by atoms with Crippen LogP contribution in [0.2, 0.25) is 0 Å². The smallest absolute Gasteiger partial charge is 0.381 e. The lowest BCUT2D eigenvalue weighted by Crippen LogP contribution is -2.31. The van der Waals surface area contributed by atoms with Crippen LogP contribution >= 0.6 is 0 Å². The Morgan fingerprint density at radius 3 is 1.97 bits per heavy atom. The molecule has 0 aliphatic rings. The molecule has 0 N–H and O–H groups in total. The molecule has 2 aromatic rings. The lowest BCUT2D eigenvalue weighted by Gasteiger charge is -2.18. The van der Waals surface area contributed by atoms with Crippen molar-refractivity contribution in [3.8, 4) is 34.8 Å². The summed E-state index contributed by atoms with van der Waals surface area (Å²) in [5, 5.41) is 9.08. The van der Waals surface area contributed by atoms with Crippen LogP contribution < -0.4 is 23.7 Å². The number of methoxy groups -OCH3 is 4. The van der Waals surface area contributed by atoms with Gasteiger partial charge >= 0.3 is 11.9 Å². The minimum Gasteiger partial charge on any atom is -0.496 e. The Balaban J connectivity index is 2.51. The molecule has 2 rings (SSSR count). The molecule has 0 aromatic heterocycles. The van der Waals surface area contributed by atoms with Crippen molar-refractivity contribution in [1.29, 1.82) is 5.26 Å². The number of carbonyl (C=O) groups is 3. The maximum absolute atomic E-state index is 12.9. The summed E-state index contributed by atoms with van der Waals surface area (Å²) in [6.45, 7) is 2.64. The largest absolute Gasteiger partial charge is 0.496 e. The van der Waals surface area contributed by atoms with Gasteiger partial charge in [-0.2, -0.15) is 5.26 Å². The van der Waals surface area contributed by atoms with E-state index < -0.39 is 23.3 Å². The van der Waals surface area contributed by atoms with Crippen LogP contribution in [0.1, 0.15) is 34.6 Å². The maximum atomic E-state index is 12.9. The standard InChI is InChI=1S/C23H23NO9/c1-23(2,12-24)33-22(27)20(25)19-17(31-6)10-14(28-3)11-18(19)32-21(26)13-7-8-15(29-4)16(9-13)30-5/h7-11H,1-6H3. The van der Waals surface area contributed by atoms with E-state index in [0.29, 0.717) is 5.75 Å². The van der Waals surface area contributed by atoms with Crippen molar-refractivity contribution in [2.75, 3.05) is 28.4 Å². The van der Waals surface area contributed by atoms with E-state index >= 15 is 0 Å². The molecule has 0 atom stereocenters. The normalized spacial score (nSPS) is 10.5. The predicted octanol–water partition coefficient (Wildman–Crippen LogP) is 2.97. The minimum absolute atomic E-state index is 0.0843. The molecule has 0 spiro atoms. The van der Waals surface area contributed by atoms with Gasteiger partial charge in [0.25, 0.3) is 5.78 Å². The van der Waals surface area contributed by atoms with Gasteiger partial charge in [0.2, 0.25) is 0 Å². The van der Waals surface area contributed by atoms with Crippen molar-refractivity contribution in [1.82, 2.24) is 0 Å². The molecule has 0 amide bonds. The summed E-state index contributed by atoms with van der Waals surface area (Å²) in [7, 11) is 5.48. The summed E-state index contributed by atoms with van der Waals surface area (Å²) in [6.07, 6.45) is 0. The summed E-state index contributed by atoms with van der Waals surface area (Å²) in [5.41, 5.74) is -1.84. The molecule has 0 bridgehead atoms. The lowest BCUT2D eigenvalue weighted by atomic mass is 10.1. The third-order valence-corrected chi connectivity index (χ3v) is 4.35. The van der Waals surface area contributed by atoms with Crippen LogP contribution in [0, 0.1) is 11.3 Å². The average molecular weight is 457 g/mol. The van der Waals surface area contributed by atoms with Crippen LogP contribution in [0.5, 0.6) is 28.7 Å². The van der Waals surface area contributed by atoms with E-state index in [1.165, 1.54) is 72.6 Å². The van der Waals surface area contributed by atoms with Crippen molar-refractivity contribution < 1.29 is 42.8 Å². The number of nitrogens with zero attached hydrogens (tertiary/aromatic N) is 1. The number of ketones is 1. The van der Waals surface area contributed by atoms with E-state index in [2.05, 4.69) is 0 Å². The molecule has 10 nitrogen and oxygen atoms in total. The molecule has 0 heterocycles. The molecule has 174 valence electrons. The molecule has 0 saturated carbocycles. The highest BCUT2D eigenvalue weighted by Gasteiger charge is 2.33. The monoisotopic (exact) mass is 457 g/mol. The Hall–Kier alpha value is -4.26. The number of rotatable bonds is 9. The third-order valence-electron chi connectivity index (χ3n) is 4.35. The number of benzene rings is 2. The predicted molar refractivity (Wildman–Crippen MR) is 114 cm³/mol. The van der Waals surface area contributed by atoms with Gasteiger partial charge in [0.05, 0.1) is 34.0 Å². The van der Waals surface area contributed by atoms with Gasteiger partial charge in [-0.05, 0) is 32.0 Å². The Morgan fingerprint density at radius 2 is 1.42 bits per heavy atom. The molecule has 10 heteroatoms. The molecule has 0 aliphatic heterocycles. The fourth-order valence-electron chi connectivity index (χ4n) is 2.67. The van der Waals surface area contributed by atoms with Crippen molar-refractivity contribution in [3.63, 3.8) is 0 Å². The first-order valence-corrected chi connectivity index (χ1v) is 9.49. The van der Waals surface area contributed by atoms with Gasteiger partial charge in [0.15, 0.2) is 17.1 Å². The first-order chi connectivity index (χ1) is 15.6. The second kappa shape index (κ2) is 10.4. The number of nitriles is 1. The van der Waals surface area contributed by atoms with Crippen LogP contribution in [-0.2, 0) is 9.53 Å². The van der Waals surface area contributed by atoms with Gasteiger partial charge in [-0.25, -0.2) is 9.59 Å². The first kappa shape index (κ1) is 25.0. The first-order valence-electron chi connectivity index (χ1n) is 9.49. The lowest BCUT2D eigenvalue weighted by molar-refractivity contribution is -0.146. The van der Waals surface area contributed by atoms with E-state index in [0.717, 1.165) is 0 Å². The van der Waals surface area contributed by atoms with Gasteiger partial charge in [-0.3, -0.25) is 4.79 Å². The second-order valence-electron chi connectivity index (χ2n) is 7.00. The minimum atomic E-state index is -1.55. The number of ether oxygens (including phenoxy) is 6. The zero-order valence-electron chi connectivity index (χ0n) is 19.0. The maximum Gasteiger partial charge on any atom is 0.381 e. The summed E-state index contributed by atoms with van der Waals surface area (Å²) in [4.78, 5) is 38.2. The highest BCUT2D eigenvalue weighted by molar-refractivity contribution is 6.42. The highest BCUT2D eigenvalue weighted by atomic mass is 16.6. The fourth-order valence-corrected chi connectivity index (χ4v) is 2.67. The van der Waals surface area contributed by atoms with E-state index in [-0.39, 0.29) is 34.1 Å². The fraction of sp³-hybridized carbons (Fsp3) is 0.304. The molecular weight excluding hydrogens is 434 g/mol. The topological polar surface area (TPSA) is 130 Å². The van der Waals surface area contributed by atoms with E-state index in [9.17, 15) is 14.4 Å². The molecule has 0 fully saturated rings. The van der Waals surface area contributed by atoms with Gasteiger partial charge in [0.1, 0.15) is 28.9 Å². The van der Waals surface area contributed by atoms with Gasteiger partial charge in [-0.1, -0.05) is 0 Å². The molecule has 0 aliphatic carbocycles. The van der Waals surface area contributed by atoms with Crippen LogP contribution in [0.4, 0.5) is 0 Å². The summed E-state index contributed by atoms with van der Waals surface area (Å²) in [5.74, 6) is -2.87. The Bertz CT molecular complexity index is 1120.